The van der Waals surface area contributed by atoms with Crippen LogP contribution in [0.1, 0.15) is 15.9 Å². The van der Waals surface area contributed by atoms with Gasteiger partial charge in [0.05, 0.1) is 18.4 Å². The molecule has 2 amide bonds. The van der Waals surface area contributed by atoms with E-state index in [1.165, 1.54) is 23.9 Å². The molecule has 0 heterocycles. The summed E-state index contributed by atoms with van der Waals surface area (Å²) < 4.78 is 18.1. The van der Waals surface area contributed by atoms with Gasteiger partial charge in [-0.15, -0.1) is 11.8 Å². The molecule has 154 valence electrons. The second-order valence-corrected chi connectivity index (χ2v) is 7.39. The smallest absolute Gasteiger partial charge is 0.252 e. The van der Waals surface area contributed by atoms with Crippen LogP contribution in [0, 0.1) is 5.82 Å². The van der Waals surface area contributed by atoms with E-state index < -0.39 is 0 Å². The number of rotatable bonds is 8. The third kappa shape index (κ3) is 6.09. The summed E-state index contributed by atoms with van der Waals surface area (Å²) in [4.78, 5) is 25.6. The number of carbonyl (C=O) groups excluding carboxylic acids is 2. The fourth-order valence-electron chi connectivity index (χ4n) is 2.70. The molecule has 0 radical (unpaired) electrons. The molecule has 0 saturated carbocycles. The van der Waals surface area contributed by atoms with Gasteiger partial charge in [0.1, 0.15) is 11.6 Å². The molecule has 3 rings (SSSR count). The Morgan fingerprint density at radius 2 is 1.77 bits per heavy atom. The van der Waals surface area contributed by atoms with Gasteiger partial charge in [-0.3, -0.25) is 9.59 Å². The Hall–Kier alpha value is -3.32. The van der Waals surface area contributed by atoms with E-state index in [1.54, 1.807) is 61.7 Å². The largest absolute Gasteiger partial charge is 0.497 e. The zero-order valence-corrected chi connectivity index (χ0v) is 17.2. The average Bonchev–Trinajstić information content (AvgIpc) is 2.77. The normalized spacial score (nSPS) is 10.3. The molecule has 7 heteroatoms. The zero-order valence-electron chi connectivity index (χ0n) is 16.4. The van der Waals surface area contributed by atoms with Gasteiger partial charge in [-0.1, -0.05) is 30.3 Å². The standard InChI is InChI=1S/C23H21FN2O3S/c1-29-19-6-4-5-18(13-19)26-22(27)15-30-21-8-3-2-7-20(21)23(28)25-14-16-9-11-17(24)12-10-16/h2-13H,14-15H2,1H3,(H,25,28)(H,26,27). The summed E-state index contributed by atoms with van der Waals surface area (Å²) in [5, 5.41) is 5.64. The fourth-order valence-corrected chi connectivity index (χ4v) is 3.55. The highest BCUT2D eigenvalue weighted by Crippen LogP contribution is 2.23. The molecule has 0 aliphatic carbocycles. The first-order valence-electron chi connectivity index (χ1n) is 9.23. The van der Waals surface area contributed by atoms with E-state index in [1.807, 2.05) is 6.07 Å². The zero-order chi connectivity index (χ0) is 21.3. The number of thioether (sulfide) groups is 1. The van der Waals surface area contributed by atoms with E-state index in [0.29, 0.717) is 21.9 Å². The third-order valence-corrected chi connectivity index (χ3v) is 5.28. The first-order chi connectivity index (χ1) is 14.5. The molecule has 0 aliphatic rings. The molecule has 3 aromatic carbocycles. The summed E-state index contributed by atoms with van der Waals surface area (Å²) in [7, 11) is 1.56. The Morgan fingerprint density at radius 3 is 2.53 bits per heavy atom. The van der Waals surface area contributed by atoms with Gasteiger partial charge >= 0.3 is 0 Å². The van der Waals surface area contributed by atoms with Gasteiger partial charge in [0.25, 0.3) is 5.91 Å². The van der Waals surface area contributed by atoms with Crippen molar-refractivity contribution in [1.82, 2.24) is 5.32 Å². The van der Waals surface area contributed by atoms with Gasteiger partial charge in [0.15, 0.2) is 0 Å². The minimum atomic E-state index is -0.320. The molecule has 0 bridgehead atoms. The van der Waals surface area contributed by atoms with E-state index in [9.17, 15) is 14.0 Å². The summed E-state index contributed by atoms with van der Waals surface area (Å²) in [5.74, 6) is 0.0486. The van der Waals surface area contributed by atoms with E-state index in [2.05, 4.69) is 10.6 Å². The lowest BCUT2D eigenvalue weighted by molar-refractivity contribution is -0.113. The molecule has 0 aromatic heterocycles. The molecule has 0 fully saturated rings. The number of carbonyl (C=O) groups is 2. The minimum Gasteiger partial charge on any atom is -0.497 e. The molecular formula is C23H21FN2O3S. The Morgan fingerprint density at radius 1 is 1.00 bits per heavy atom. The highest BCUT2D eigenvalue weighted by atomic mass is 32.2. The summed E-state index contributed by atoms with van der Waals surface area (Å²) >= 11 is 1.28. The Balaban J connectivity index is 1.58. The van der Waals surface area contributed by atoms with Gasteiger partial charge in [0.2, 0.25) is 5.91 Å². The van der Waals surface area contributed by atoms with Crippen LogP contribution in [0.5, 0.6) is 5.75 Å². The number of benzene rings is 3. The van der Waals surface area contributed by atoms with Crippen LogP contribution in [0.15, 0.2) is 77.7 Å². The fraction of sp³-hybridized carbons (Fsp3) is 0.130. The van der Waals surface area contributed by atoms with E-state index in [-0.39, 0.29) is 29.9 Å². The second kappa shape index (κ2) is 10.5. The Labute approximate surface area is 178 Å². The highest BCUT2D eigenvalue weighted by molar-refractivity contribution is 8.00. The van der Waals surface area contributed by atoms with Crippen LogP contribution >= 0.6 is 11.8 Å². The third-order valence-electron chi connectivity index (χ3n) is 4.21. The van der Waals surface area contributed by atoms with Crippen LogP contribution in [0.4, 0.5) is 10.1 Å². The second-order valence-electron chi connectivity index (χ2n) is 6.37. The number of anilines is 1. The van der Waals surface area contributed by atoms with Crippen LogP contribution in [-0.2, 0) is 11.3 Å². The molecule has 0 unspecified atom stereocenters. The highest BCUT2D eigenvalue weighted by Gasteiger charge is 2.13. The van der Waals surface area contributed by atoms with Gasteiger partial charge in [-0.25, -0.2) is 4.39 Å². The monoisotopic (exact) mass is 424 g/mol. The number of halogens is 1. The van der Waals surface area contributed by atoms with Crippen molar-refractivity contribution in [2.24, 2.45) is 0 Å². The van der Waals surface area contributed by atoms with Crippen molar-refractivity contribution in [3.8, 4) is 5.75 Å². The molecular weight excluding hydrogens is 403 g/mol. The number of hydrogen-bond acceptors (Lipinski definition) is 4. The van der Waals surface area contributed by atoms with Crippen LogP contribution < -0.4 is 15.4 Å². The van der Waals surface area contributed by atoms with E-state index >= 15 is 0 Å². The predicted molar refractivity (Wildman–Crippen MR) is 116 cm³/mol. The maximum atomic E-state index is 13.0. The van der Waals surface area contributed by atoms with Crippen LogP contribution in [0.2, 0.25) is 0 Å². The number of ether oxygens (including phenoxy) is 1. The van der Waals surface area contributed by atoms with Crippen molar-refractivity contribution in [3.63, 3.8) is 0 Å². The van der Waals surface area contributed by atoms with Crippen molar-refractivity contribution in [3.05, 3.63) is 89.7 Å². The number of methoxy groups -OCH3 is 1. The van der Waals surface area contributed by atoms with Crippen molar-refractivity contribution in [2.75, 3.05) is 18.2 Å². The van der Waals surface area contributed by atoms with E-state index in [0.717, 1.165) is 5.56 Å². The number of hydrogen-bond donors (Lipinski definition) is 2. The topological polar surface area (TPSA) is 67.4 Å². The van der Waals surface area contributed by atoms with Gasteiger partial charge in [-0.2, -0.15) is 0 Å². The summed E-state index contributed by atoms with van der Waals surface area (Å²) in [6.07, 6.45) is 0. The van der Waals surface area contributed by atoms with Crippen LogP contribution in [0.3, 0.4) is 0 Å². The van der Waals surface area contributed by atoms with Crippen molar-refractivity contribution in [1.29, 1.82) is 0 Å². The average molecular weight is 424 g/mol. The molecule has 5 nitrogen and oxygen atoms in total. The van der Waals surface area contributed by atoms with Gasteiger partial charge in [-0.05, 0) is 42.0 Å². The maximum absolute atomic E-state index is 13.0. The predicted octanol–water partition coefficient (Wildman–Crippen LogP) is 4.50. The Kier molecular flexibility index (Phi) is 7.45. The lowest BCUT2D eigenvalue weighted by Gasteiger charge is -2.11. The first-order valence-corrected chi connectivity index (χ1v) is 10.2. The molecule has 0 spiro atoms. The number of nitrogens with one attached hydrogen (secondary N) is 2. The number of amides is 2. The molecule has 30 heavy (non-hydrogen) atoms. The quantitative estimate of drug-likeness (QED) is 0.523. The molecule has 0 saturated heterocycles. The van der Waals surface area contributed by atoms with Crippen LogP contribution in [0.25, 0.3) is 0 Å². The maximum Gasteiger partial charge on any atom is 0.252 e. The van der Waals surface area contributed by atoms with Gasteiger partial charge < -0.3 is 15.4 Å². The SMILES string of the molecule is COc1cccc(NC(=O)CSc2ccccc2C(=O)NCc2ccc(F)cc2)c1. The van der Waals surface area contributed by atoms with Crippen molar-refractivity contribution >= 4 is 29.3 Å². The first kappa shape index (κ1) is 21.4. The summed E-state index contributed by atoms with van der Waals surface area (Å²) in [6, 6.07) is 20.2. The lowest BCUT2D eigenvalue weighted by atomic mass is 10.2. The Bertz CT molecular complexity index is 1020. The lowest BCUT2D eigenvalue weighted by Crippen LogP contribution is -2.23. The minimum absolute atomic E-state index is 0.152. The molecule has 0 atom stereocenters. The van der Waals surface area contributed by atoms with Crippen molar-refractivity contribution in [2.45, 2.75) is 11.4 Å². The van der Waals surface area contributed by atoms with Gasteiger partial charge in [0, 0.05) is 23.2 Å². The van der Waals surface area contributed by atoms with E-state index in [4.69, 9.17) is 4.74 Å². The summed E-state index contributed by atoms with van der Waals surface area (Å²) in [5.41, 5.74) is 1.93. The molecule has 3 aromatic rings. The molecule has 0 aliphatic heterocycles. The summed E-state index contributed by atoms with van der Waals surface area (Å²) in [6.45, 7) is 0.286. The molecule has 2 N–H and O–H groups in total. The van der Waals surface area contributed by atoms with Crippen LogP contribution in [-0.4, -0.2) is 24.7 Å². The van der Waals surface area contributed by atoms with Crippen molar-refractivity contribution < 1.29 is 18.7 Å².